The van der Waals surface area contributed by atoms with Crippen LogP contribution in [0.4, 0.5) is 0 Å². The maximum Gasteiger partial charge on any atom is 0.314 e. The lowest BCUT2D eigenvalue weighted by atomic mass is 9.80. The zero-order valence-corrected chi connectivity index (χ0v) is 13.5. The monoisotopic (exact) mass is 288 g/mol. The van der Waals surface area contributed by atoms with E-state index >= 15 is 0 Å². The second kappa shape index (κ2) is 6.56. The maximum absolute atomic E-state index is 9.84. The van der Waals surface area contributed by atoms with E-state index in [4.69, 9.17) is 14.4 Å². The minimum Gasteiger partial charge on any atom is -0.508 e. The molecule has 0 bridgehead atoms. The molecule has 1 rings (SSSR count). The predicted octanol–water partition coefficient (Wildman–Crippen LogP) is 3.35. The molecule has 1 aromatic carbocycles. The zero-order chi connectivity index (χ0) is 15.4. The number of hydrogen-bond acceptors (Lipinski definition) is 2. The molecule has 5 heteroatoms. The van der Waals surface area contributed by atoms with Gasteiger partial charge in [-0.15, -0.1) is 0 Å². The highest BCUT2D eigenvalue weighted by Gasteiger charge is 2.21. The van der Waals surface area contributed by atoms with Crippen molar-refractivity contribution in [1.29, 1.82) is 0 Å². The Labute approximate surface area is 116 Å². The van der Waals surface area contributed by atoms with Crippen LogP contribution < -0.4 is 0 Å². The van der Waals surface area contributed by atoms with Gasteiger partial charge in [0.05, 0.1) is 0 Å². The highest BCUT2D eigenvalue weighted by Crippen LogP contribution is 2.34. The van der Waals surface area contributed by atoms with Crippen molar-refractivity contribution >= 4 is 8.25 Å². The van der Waals surface area contributed by atoms with Gasteiger partial charge in [-0.3, -0.25) is 4.57 Å². The van der Waals surface area contributed by atoms with Gasteiger partial charge < -0.3 is 14.9 Å². The van der Waals surface area contributed by atoms with E-state index in [2.05, 4.69) is 47.6 Å². The molecule has 0 aliphatic heterocycles. The summed E-state index contributed by atoms with van der Waals surface area (Å²) in [5, 5.41) is 9.84. The fourth-order valence-corrected chi connectivity index (χ4v) is 1.60. The van der Waals surface area contributed by atoms with Crippen molar-refractivity contribution in [2.45, 2.75) is 52.4 Å². The van der Waals surface area contributed by atoms with Gasteiger partial charge in [-0.2, -0.15) is 0 Å². The Kier molecular flexibility index (Phi) is 6.27. The highest BCUT2D eigenvalue weighted by molar-refractivity contribution is 7.30. The first-order valence-electron chi connectivity index (χ1n) is 6.11. The van der Waals surface area contributed by atoms with Crippen LogP contribution in [-0.4, -0.2) is 14.9 Å². The smallest absolute Gasteiger partial charge is 0.314 e. The molecule has 3 N–H and O–H groups in total. The van der Waals surface area contributed by atoms with E-state index in [0.717, 1.165) is 5.56 Å². The molecular weight excluding hydrogens is 263 g/mol. The quantitative estimate of drug-likeness (QED) is 0.640. The molecule has 0 aliphatic carbocycles. The molecule has 19 heavy (non-hydrogen) atoms. The standard InChI is InChI=1S/C14H22O.H3O3P/c1-13(2,3)10-7-8-12(15)11(9-10)14(4,5)6;1-4(2)3/h7-9,15H,1-6H3;4H,(H2,1,2,3). The number of aromatic hydroxyl groups is 1. The van der Waals surface area contributed by atoms with E-state index in [1.807, 2.05) is 6.07 Å². The molecule has 1 aromatic rings. The fraction of sp³-hybridized carbons (Fsp3) is 0.571. The Morgan fingerprint density at radius 3 is 1.68 bits per heavy atom. The SMILES string of the molecule is CC(C)(C)c1ccc(O)c(C(C)(C)C)c1.O=[PH](O)O. The number of phenols is 1. The van der Waals surface area contributed by atoms with Crippen LogP contribution in [-0.2, 0) is 15.4 Å². The number of benzene rings is 1. The molecule has 0 atom stereocenters. The predicted molar refractivity (Wildman–Crippen MR) is 78.9 cm³/mol. The third-order valence-corrected chi connectivity index (χ3v) is 2.67. The molecule has 0 spiro atoms. The Balaban J connectivity index is 0.000000711. The second-order valence-electron chi connectivity index (χ2n) is 6.51. The van der Waals surface area contributed by atoms with Crippen molar-refractivity contribution in [3.63, 3.8) is 0 Å². The summed E-state index contributed by atoms with van der Waals surface area (Å²) in [5.41, 5.74) is 2.42. The largest absolute Gasteiger partial charge is 0.508 e. The van der Waals surface area contributed by atoms with E-state index in [1.54, 1.807) is 6.07 Å². The molecule has 0 amide bonds. The lowest BCUT2D eigenvalue weighted by Gasteiger charge is -2.25. The van der Waals surface area contributed by atoms with Crippen LogP contribution >= 0.6 is 8.25 Å². The van der Waals surface area contributed by atoms with Crippen molar-refractivity contribution in [2.75, 3.05) is 0 Å². The maximum atomic E-state index is 9.84. The summed E-state index contributed by atoms with van der Waals surface area (Å²) in [7, 11) is -3.13. The summed E-state index contributed by atoms with van der Waals surface area (Å²) in [4.78, 5) is 14.3. The third kappa shape index (κ3) is 6.76. The minimum absolute atomic E-state index is 0.00859. The molecule has 0 saturated heterocycles. The molecular formula is C14H25O4P. The Bertz CT molecular complexity index is 438. The summed E-state index contributed by atoms with van der Waals surface area (Å²) in [6.07, 6.45) is 0. The van der Waals surface area contributed by atoms with Gasteiger partial charge in [-0.05, 0) is 28.0 Å². The number of rotatable bonds is 0. The summed E-state index contributed by atoms with van der Waals surface area (Å²) in [5.74, 6) is 0.399. The third-order valence-electron chi connectivity index (χ3n) is 2.67. The Hall–Kier alpha value is -0.830. The van der Waals surface area contributed by atoms with Crippen molar-refractivity contribution in [3.8, 4) is 5.75 Å². The molecule has 0 radical (unpaired) electrons. The van der Waals surface area contributed by atoms with Crippen molar-refractivity contribution in [1.82, 2.24) is 0 Å². The van der Waals surface area contributed by atoms with Crippen molar-refractivity contribution < 1.29 is 19.5 Å². The van der Waals surface area contributed by atoms with Gasteiger partial charge in [-0.1, -0.05) is 53.7 Å². The topological polar surface area (TPSA) is 77.8 Å². The molecule has 0 saturated carbocycles. The first-order chi connectivity index (χ1) is 8.35. The van der Waals surface area contributed by atoms with Gasteiger partial charge in [0.15, 0.2) is 0 Å². The van der Waals surface area contributed by atoms with Gasteiger partial charge in [0, 0.05) is 0 Å². The summed E-state index contributed by atoms with van der Waals surface area (Å²) >= 11 is 0. The molecule has 0 unspecified atom stereocenters. The van der Waals surface area contributed by atoms with Gasteiger partial charge in [0.2, 0.25) is 0 Å². The zero-order valence-electron chi connectivity index (χ0n) is 12.5. The Morgan fingerprint density at radius 1 is 0.947 bits per heavy atom. The highest BCUT2D eigenvalue weighted by atomic mass is 31.1. The van der Waals surface area contributed by atoms with Crippen LogP contribution in [0, 0.1) is 0 Å². The summed E-state index contributed by atoms with van der Waals surface area (Å²) in [6, 6.07) is 5.93. The number of phenolic OH excluding ortho intramolecular Hbond substituents is 1. The molecule has 0 fully saturated rings. The lowest BCUT2D eigenvalue weighted by Crippen LogP contribution is -2.16. The lowest BCUT2D eigenvalue weighted by molar-refractivity contribution is 0.405. The van der Waals surface area contributed by atoms with Gasteiger partial charge in [0.25, 0.3) is 0 Å². The minimum atomic E-state index is -3.13. The molecule has 0 aliphatic rings. The van der Waals surface area contributed by atoms with Crippen molar-refractivity contribution in [3.05, 3.63) is 29.3 Å². The van der Waals surface area contributed by atoms with Crippen LogP contribution in [0.15, 0.2) is 18.2 Å². The van der Waals surface area contributed by atoms with E-state index in [0.29, 0.717) is 5.75 Å². The van der Waals surface area contributed by atoms with Crippen LogP contribution in [0.5, 0.6) is 5.75 Å². The van der Waals surface area contributed by atoms with Crippen LogP contribution in [0.2, 0.25) is 0 Å². The fourth-order valence-electron chi connectivity index (χ4n) is 1.60. The molecule has 4 nitrogen and oxygen atoms in total. The van der Waals surface area contributed by atoms with Gasteiger partial charge >= 0.3 is 8.25 Å². The van der Waals surface area contributed by atoms with Gasteiger partial charge in [-0.25, -0.2) is 0 Å². The average molecular weight is 288 g/mol. The molecule has 0 aromatic heterocycles. The van der Waals surface area contributed by atoms with Crippen molar-refractivity contribution in [2.24, 2.45) is 0 Å². The number of hydrogen-bond donors (Lipinski definition) is 3. The Morgan fingerprint density at radius 2 is 1.37 bits per heavy atom. The van der Waals surface area contributed by atoms with Crippen LogP contribution in [0.25, 0.3) is 0 Å². The molecule has 110 valence electrons. The average Bonchev–Trinajstić information content (AvgIpc) is 2.13. The van der Waals surface area contributed by atoms with Crippen LogP contribution in [0.3, 0.4) is 0 Å². The normalized spacial score (nSPS) is 12.1. The first-order valence-corrected chi connectivity index (χ1v) is 7.42. The van der Waals surface area contributed by atoms with E-state index in [-0.39, 0.29) is 10.8 Å². The van der Waals surface area contributed by atoms with Gasteiger partial charge in [0.1, 0.15) is 5.75 Å². The summed E-state index contributed by atoms with van der Waals surface area (Å²) < 4.78 is 8.74. The second-order valence-corrected chi connectivity index (χ2v) is 7.08. The van der Waals surface area contributed by atoms with E-state index < -0.39 is 8.25 Å². The van der Waals surface area contributed by atoms with E-state index in [1.165, 1.54) is 5.56 Å². The first kappa shape index (κ1) is 18.2. The van der Waals surface area contributed by atoms with Crippen LogP contribution in [0.1, 0.15) is 52.7 Å². The summed E-state index contributed by atoms with van der Waals surface area (Å²) in [6.45, 7) is 12.9. The molecule has 0 heterocycles. The van der Waals surface area contributed by atoms with E-state index in [9.17, 15) is 5.11 Å².